The first-order chi connectivity index (χ1) is 7.24. The standard InChI is InChI=1S/C10H22N4O/c1-11-8-12-4-5-13-10(15)9-3-6-14(2)7-9/h9,11-12H,3-8H2,1-2H3,(H,13,15). The van der Waals surface area contributed by atoms with Crippen LogP contribution in [0.4, 0.5) is 0 Å². The molecule has 1 saturated heterocycles. The molecule has 1 atom stereocenters. The Kier molecular flexibility index (Phi) is 5.60. The lowest BCUT2D eigenvalue weighted by molar-refractivity contribution is -0.124. The van der Waals surface area contributed by atoms with E-state index in [1.54, 1.807) is 0 Å². The number of rotatable bonds is 6. The van der Waals surface area contributed by atoms with E-state index in [-0.39, 0.29) is 11.8 Å². The number of carbonyl (C=O) groups excluding carboxylic acids is 1. The van der Waals surface area contributed by atoms with E-state index in [0.29, 0.717) is 6.54 Å². The molecule has 1 aliphatic rings. The second-order valence-electron chi connectivity index (χ2n) is 4.07. The lowest BCUT2D eigenvalue weighted by Crippen LogP contribution is -2.38. The lowest BCUT2D eigenvalue weighted by Gasteiger charge is -2.11. The third kappa shape index (κ3) is 4.59. The molecule has 0 saturated carbocycles. The predicted octanol–water partition coefficient (Wildman–Crippen LogP) is -1.18. The zero-order valence-electron chi connectivity index (χ0n) is 9.68. The van der Waals surface area contributed by atoms with Gasteiger partial charge in [0, 0.05) is 26.3 Å². The molecule has 5 nitrogen and oxygen atoms in total. The van der Waals surface area contributed by atoms with Gasteiger partial charge in [0.25, 0.3) is 0 Å². The molecule has 1 heterocycles. The smallest absolute Gasteiger partial charge is 0.224 e. The van der Waals surface area contributed by atoms with Crippen molar-refractivity contribution in [3.8, 4) is 0 Å². The van der Waals surface area contributed by atoms with Gasteiger partial charge in [-0.3, -0.25) is 4.79 Å². The normalized spacial score (nSPS) is 21.9. The Morgan fingerprint density at radius 3 is 2.87 bits per heavy atom. The molecular weight excluding hydrogens is 192 g/mol. The molecule has 88 valence electrons. The fourth-order valence-corrected chi connectivity index (χ4v) is 1.78. The summed E-state index contributed by atoms with van der Waals surface area (Å²) in [6, 6.07) is 0. The molecule has 1 fully saturated rings. The highest BCUT2D eigenvalue weighted by atomic mass is 16.1. The summed E-state index contributed by atoms with van der Waals surface area (Å²) in [6.07, 6.45) is 0.992. The van der Waals surface area contributed by atoms with Gasteiger partial charge in [-0.25, -0.2) is 0 Å². The Morgan fingerprint density at radius 1 is 1.47 bits per heavy atom. The molecule has 5 heteroatoms. The van der Waals surface area contributed by atoms with E-state index in [0.717, 1.165) is 32.7 Å². The van der Waals surface area contributed by atoms with Crippen molar-refractivity contribution in [1.29, 1.82) is 0 Å². The quantitative estimate of drug-likeness (QED) is 0.385. The molecule has 1 aliphatic heterocycles. The number of hydrogen-bond acceptors (Lipinski definition) is 4. The Hall–Kier alpha value is -0.650. The first-order valence-electron chi connectivity index (χ1n) is 5.55. The maximum Gasteiger partial charge on any atom is 0.224 e. The molecule has 3 N–H and O–H groups in total. The molecule has 0 aromatic carbocycles. The monoisotopic (exact) mass is 214 g/mol. The van der Waals surface area contributed by atoms with Crippen LogP contribution in [-0.4, -0.2) is 57.8 Å². The van der Waals surface area contributed by atoms with Gasteiger partial charge in [0.15, 0.2) is 0 Å². The molecule has 15 heavy (non-hydrogen) atoms. The van der Waals surface area contributed by atoms with Crippen molar-refractivity contribution in [3.63, 3.8) is 0 Å². The Labute approximate surface area is 91.6 Å². The summed E-state index contributed by atoms with van der Waals surface area (Å²) in [5, 5.41) is 9.09. The minimum atomic E-state index is 0.194. The highest BCUT2D eigenvalue weighted by Gasteiger charge is 2.25. The average molecular weight is 214 g/mol. The molecule has 1 rings (SSSR count). The van der Waals surface area contributed by atoms with Crippen LogP contribution in [0, 0.1) is 5.92 Å². The van der Waals surface area contributed by atoms with Crippen molar-refractivity contribution in [2.45, 2.75) is 6.42 Å². The van der Waals surface area contributed by atoms with Crippen LogP contribution in [-0.2, 0) is 4.79 Å². The third-order valence-electron chi connectivity index (χ3n) is 2.66. The van der Waals surface area contributed by atoms with Crippen molar-refractivity contribution in [2.24, 2.45) is 5.92 Å². The highest BCUT2D eigenvalue weighted by Crippen LogP contribution is 2.13. The summed E-state index contributed by atoms with van der Waals surface area (Å²) in [5.74, 6) is 0.393. The van der Waals surface area contributed by atoms with Crippen LogP contribution in [0.15, 0.2) is 0 Å². The summed E-state index contributed by atoms with van der Waals surface area (Å²) < 4.78 is 0. The first-order valence-corrected chi connectivity index (χ1v) is 5.55. The molecule has 0 bridgehead atoms. The minimum Gasteiger partial charge on any atom is -0.355 e. The van der Waals surface area contributed by atoms with E-state index in [1.807, 2.05) is 7.05 Å². The van der Waals surface area contributed by atoms with Gasteiger partial charge < -0.3 is 20.9 Å². The summed E-state index contributed by atoms with van der Waals surface area (Å²) in [4.78, 5) is 13.8. The molecule has 0 aromatic heterocycles. The molecule has 1 unspecified atom stereocenters. The predicted molar refractivity (Wildman–Crippen MR) is 60.5 cm³/mol. The van der Waals surface area contributed by atoms with Gasteiger partial charge in [-0.2, -0.15) is 0 Å². The van der Waals surface area contributed by atoms with Gasteiger partial charge in [0.05, 0.1) is 5.92 Å². The largest absolute Gasteiger partial charge is 0.355 e. The molecule has 0 radical (unpaired) electrons. The maximum absolute atomic E-state index is 11.6. The van der Waals surface area contributed by atoms with Crippen LogP contribution in [0.2, 0.25) is 0 Å². The molecule has 0 spiro atoms. The summed E-state index contributed by atoms with van der Waals surface area (Å²) in [5.41, 5.74) is 0. The zero-order chi connectivity index (χ0) is 11.1. The van der Waals surface area contributed by atoms with Crippen LogP contribution in [0.3, 0.4) is 0 Å². The first kappa shape index (κ1) is 12.4. The molecule has 1 amide bonds. The van der Waals surface area contributed by atoms with Crippen LogP contribution in [0.5, 0.6) is 0 Å². The van der Waals surface area contributed by atoms with Gasteiger partial charge in [-0.1, -0.05) is 0 Å². The van der Waals surface area contributed by atoms with Crippen LogP contribution in [0.1, 0.15) is 6.42 Å². The maximum atomic E-state index is 11.6. The minimum absolute atomic E-state index is 0.194. The third-order valence-corrected chi connectivity index (χ3v) is 2.66. The Morgan fingerprint density at radius 2 is 2.27 bits per heavy atom. The van der Waals surface area contributed by atoms with Crippen molar-refractivity contribution >= 4 is 5.91 Å². The number of nitrogens with one attached hydrogen (secondary N) is 3. The van der Waals surface area contributed by atoms with Gasteiger partial charge in [0.1, 0.15) is 0 Å². The van der Waals surface area contributed by atoms with Gasteiger partial charge in [-0.15, -0.1) is 0 Å². The van der Waals surface area contributed by atoms with Crippen LogP contribution < -0.4 is 16.0 Å². The number of likely N-dealkylation sites (tertiary alicyclic amines) is 1. The number of amides is 1. The molecule has 0 aromatic rings. The van der Waals surface area contributed by atoms with Gasteiger partial charge >= 0.3 is 0 Å². The number of hydrogen-bond donors (Lipinski definition) is 3. The second-order valence-corrected chi connectivity index (χ2v) is 4.07. The Balaban J connectivity index is 2.03. The van der Waals surface area contributed by atoms with E-state index in [2.05, 4.69) is 27.9 Å². The SMILES string of the molecule is CNCNCCNC(=O)C1CCN(C)C1. The zero-order valence-corrected chi connectivity index (χ0v) is 9.68. The molecular formula is C10H22N4O. The fourth-order valence-electron chi connectivity index (χ4n) is 1.78. The van der Waals surface area contributed by atoms with Crippen molar-refractivity contribution in [2.75, 3.05) is 46.9 Å². The van der Waals surface area contributed by atoms with E-state index < -0.39 is 0 Å². The van der Waals surface area contributed by atoms with E-state index in [4.69, 9.17) is 0 Å². The van der Waals surface area contributed by atoms with Crippen molar-refractivity contribution in [1.82, 2.24) is 20.9 Å². The number of nitrogens with zero attached hydrogens (tertiary/aromatic N) is 1. The van der Waals surface area contributed by atoms with E-state index in [9.17, 15) is 4.79 Å². The van der Waals surface area contributed by atoms with Crippen LogP contribution >= 0.6 is 0 Å². The lowest BCUT2D eigenvalue weighted by atomic mass is 10.1. The Bertz CT molecular complexity index is 198. The number of carbonyl (C=O) groups is 1. The summed E-state index contributed by atoms with van der Waals surface area (Å²) >= 11 is 0. The highest BCUT2D eigenvalue weighted by molar-refractivity contribution is 5.79. The van der Waals surface area contributed by atoms with Crippen molar-refractivity contribution in [3.05, 3.63) is 0 Å². The second kappa shape index (κ2) is 6.76. The summed E-state index contributed by atoms with van der Waals surface area (Å²) in [7, 11) is 3.95. The fraction of sp³-hybridized carbons (Fsp3) is 0.900. The topological polar surface area (TPSA) is 56.4 Å². The summed E-state index contributed by atoms with van der Waals surface area (Å²) in [6.45, 7) is 4.24. The van der Waals surface area contributed by atoms with E-state index >= 15 is 0 Å². The molecule has 0 aliphatic carbocycles. The van der Waals surface area contributed by atoms with E-state index in [1.165, 1.54) is 0 Å². The average Bonchev–Trinajstić information content (AvgIpc) is 2.64. The van der Waals surface area contributed by atoms with Crippen LogP contribution in [0.25, 0.3) is 0 Å². The van der Waals surface area contributed by atoms with Gasteiger partial charge in [0.2, 0.25) is 5.91 Å². The van der Waals surface area contributed by atoms with Gasteiger partial charge in [-0.05, 0) is 27.1 Å². The van der Waals surface area contributed by atoms with Crippen molar-refractivity contribution < 1.29 is 4.79 Å².